The van der Waals surface area contributed by atoms with Crippen LogP contribution in [0.1, 0.15) is 12.5 Å². The highest BCUT2D eigenvalue weighted by Gasteiger charge is 2.05. The zero-order valence-electron chi connectivity index (χ0n) is 13.0. The van der Waals surface area contributed by atoms with E-state index in [0.29, 0.717) is 18.1 Å². The van der Waals surface area contributed by atoms with E-state index in [0.717, 1.165) is 14.5 Å². The lowest BCUT2D eigenvalue weighted by atomic mass is 10.2. The molecule has 0 aliphatic heterocycles. The SMILES string of the molecule is CCOc1ccc(Br)cc1C=NNC(=O)COc1ccccc1Br. The molecule has 0 aliphatic carbocycles. The number of benzene rings is 2. The minimum Gasteiger partial charge on any atom is -0.493 e. The summed E-state index contributed by atoms with van der Waals surface area (Å²) in [6.07, 6.45) is 1.53. The first-order valence-corrected chi connectivity index (χ1v) is 8.80. The van der Waals surface area contributed by atoms with Crippen molar-refractivity contribution in [2.24, 2.45) is 5.10 Å². The molecule has 0 aliphatic rings. The summed E-state index contributed by atoms with van der Waals surface area (Å²) in [6, 6.07) is 12.9. The van der Waals surface area contributed by atoms with Gasteiger partial charge in [-0.15, -0.1) is 0 Å². The molecule has 0 fully saturated rings. The van der Waals surface area contributed by atoms with Crippen LogP contribution >= 0.6 is 31.9 Å². The third kappa shape index (κ3) is 5.65. The summed E-state index contributed by atoms with van der Waals surface area (Å²) in [4.78, 5) is 11.8. The number of ether oxygens (including phenoxy) is 2. The molecule has 1 amide bonds. The van der Waals surface area contributed by atoms with Gasteiger partial charge >= 0.3 is 0 Å². The van der Waals surface area contributed by atoms with Gasteiger partial charge < -0.3 is 9.47 Å². The van der Waals surface area contributed by atoms with Crippen molar-refractivity contribution in [3.05, 3.63) is 57.0 Å². The fraction of sp³-hybridized carbons (Fsp3) is 0.176. The number of para-hydroxylation sites is 1. The van der Waals surface area contributed by atoms with Gasteiger partial charge in [0.2, 0.25) is 0 Å². The number of nitrogens with zero attached hydrogens (tertiary/aromatic N) is 1. The zero-order chi connectivity index (χ0) is 17.4. The summed E-state index contributed by atoms with van der Waals surface area (Å²) < 4.78 is 12.6. The largest absolute Gasteiger partial charge is 0.493 e. The smallest absolute Gasteiger partial charge is 0.277 e. The van der Waals surface area contributed by atoms with Crippen molar-refractivity contribution in [2.45, 2.75) is 6.92 Å². The lowest BCUT2D eigenvalue weighted by molar-refractivity contribution is -0.123. The Morgan fingerprint density at radius 1 is 1.17 bits per heavy atom. The van der Waals surface area contributed by atoms with Gasteiger partial charge in [0, 0.05) is 10.0 Å². The van der Waals surface area contributed by atoms with Gasteiger partial charge in [0.25, 0.3) is 5.91 Å². The van der Waals surface area contributed by atoms with Crippen LogP contribution < -0.4 is 14.9 Å². The first-order chi connectivity index (χ1) is 11.6. The highest BCUT2D eigenvalue weighted by atomic mass is 79.9. The Morgan fingerprint density at radius 2 is 1.96 bits per heavy atom. The summed E-state index contributed by atoms with van der Waals surface area (Å²) in [7, 11) is 0. The molecule has 24 heavy (non-hydrogen) atoms. The quantitative estimate of drug-likeness (QED) is 0.504. The van der Waals surface area contributed by atoms with Gasteiger partial charge in [0.05, 0.1) is 17.3 Å². The molecule has 0 unspecified atom stereocenters. The van der Waals surface area contributed by atoms with Crippen LogP contribution in [0.4, 0.5) is 0 Å². The molecule has 1 N–H and O–H groups in total. The molecule has 126 valence electrons. The van der Waals surface area contributed by atoms with Crippen molar-refractivity contribution >= 4 is 44.0 Å². The molecule has 0 radical (unpaired) electrons. The number of hydrogen-bond acceptors (Lipinski definition) is 4. The Morgan fingerprint density at radius 3 is 2.71 bits per heavy atom. The summed E-state index contributed by atoms with van der Waals surface area (Å²) in [5.41, 5.74) is 3.19. The maximum absolute atomic E-state index is 11.8. The molecule has 5 nitrogen and oxygen atoms in total. The standard InChI is InChI=1S/C17H16Br2N2O3/c1-2-23-15-8-7-13(18)9-12(15)10-20-21-17(22)11-24-16-6-4-3-5-14(16)19/h3-10H,2,11H2,1H3,(H,21,22). The Bertz CT molecular complexity index is 736. The number of hydrogen-bond donors (Lipinski definition) is 1. The first kappa shape index (κ1) is 18.5. The molecule has 0 aromatic heterocycles. The minimum absolute atomic E-state index is 0.128. The third-order valence-corrected chi connectivity index (χ3v) is 4.01. The normalized spacial score (nSPS) is 10.6. The van der Waals surface area contributed by atoms with Crippen LogP contribution in [-0.2, 0) is 4.79 Å². The Kier molecular flexibility index (Phi) is 7.27. The van der Waals surface area contributed by atoms with Gasteiger partial charge in [-0.3, -0.25) is 4.79 Å². The van der Waals surface area contributed by atoms with Gasteiger partial charge in [-0.2, -0.15) is 5.10 Å². The van der Waals surface area contributed by atoms with Crippen LogP contribution in [0.15, 0.2) is 56.5 Å². The van der Waals surface area contributed by atoms with Crippen molar-refractivity contribution in [3.63, 3.8) is 0 Å². The fourth-order valence-electron chi connectivity index (χ4n) is 1.82. The molecule has 0 saturated carbocycles. The monoisotopic (exact) mass is 454 g/mol. The van der Waals surface area contributed by atoms with Crippen LogP contribution in [0.25, 0.3) is 0 Å². The predicted molar refractivity (Wildman–Crippen MR) is 101 cm³/mol. The van der Waals surface area contributed by atoms with E-state index in [1.165, 1.54) is 6.21 Å². The lowest BCUT2D eigenvalue weighted by Gasteiger charge is -2.08. The number of rotatable bonds is 7. The van der Waals surface area contributed by atoms with Gasteiger partial charge in [0.1, 0.15) is 11.5 Å². The van der Waals surface area contributed by atoms with Crippen molar-refractivity contribution in [1.82, 2.24) is 5.43 Å². The molecule has 0 heterocycles. The number of amides is 1. The van der Waals surface area contributed by atoms with E-state index in [-0.39, 0.29) is 12.5 Å². The number of halogens is 2. The summed E-state index contributed by atoms with van der Waals surface area (Å²) >= 11 is 6.75. The molecule has 7 heteroatoms. The number of hydrazone groups is 1. The van der Waals surface area contributed by atoms with E-state index >= 15 is 0 Å². The van der Waals surface area contributed by atoms with Crippen molar-refractivity contribution in [1.29, 1.82) is 0 Å². The molecule has 0 saturated heterocycles. The lowest BCUT2D eigenvalue weighted by Crippen LogP contribution is -2.24. The molecule has 2 rings (SSSR count). The summed E-state index contributed by atoms with van der Waals surface area (Å²) in [5.74, 6) is 0.945. The second kappa shape index (κ2) is 9.44. The van der Waals surface area contributed by atoms with E-state index < -0.39 is 0 Å². The maximum atomic E-state index is 11.8. The maximum Gasteiger partial charge on any atom is 0.277 e. The van der Waals surface area contributed by atoms with E-state index in [9.17, 15) is 4.79 Å². The number of nitrogens with one attached hydrogen (secondary N) is 1. The van der Waals surface area contributed by atoms with Crippen LogP contribution in [0, 0.1) is 0 Å². The molecule has 2 aromatic carbocycles. The van der Waals surface area contributed by atoms with Crippen LogP contribution in [0.3, 0.4) is 0 Å². The van der Waals surface area contributed by atoms with Gasteiger partial charge in [-0.05, 0) is 53.2 Å². The average Bonchev–Trinajstić information content (AvgIpc) is 2.56. The highest BCUT2D eigenvalue weighted by Crippen LogP contribution is 2.23. The van der Waals surface area contributed by atoms with Crippen LogP contribution in [0.5, 0.6) is 11.5 Å². The van der Waals surface area contributed by atoms with E-state index in [1.54, 1.807) is 6.07 Å². The Balaban J connectivity index is 1.90. The predicted octanol–water partition coefficient (Wildman–Crippen LogP) is 4.14. The van der Waals surface area contributed by atoms with Gasteiger partial charge in [0.15, 0.2) is 6.61 Å². The summed E-state index contributed by atoms with van der Waals surface area (Å²) in [5, 5.41) is 3.94. The molecule has 0 spiro atoms. The molecule has 2 aromatic rings. The minimum atomic E-state index is -0.352. The highest BCUT2D eigenvalue weighted by molar-refractivity contribution is 9.10. The van der Waals surface area contributed by atoms with Gasteiger partial charge in [-0.1, -0.05) is 28.1 Å². The van der Waals surface area contributed by atoms with Crippen LogP contribution in [-0.4, -0.2) is 25.3 Å². The molecule has 0 bridgehead atoms. The van der Waals surface area contributed by atoms with E-state index in [4.69, 9.17) is 9.47 Å². The average molecular weight is 456 g/mol. The Labute approximate surface area is 157 Å². The summed E-state index contributed by atoms with van der Waals surface area (Å²) in [6.45, 7) is 2.33. The Hall–Kier alpha value is -1.86. The second-order valence-corrected chi connectivity index (χ2v) is 6.40. The zero-order valence-corrected chi connectivity index (χ0v) is 16.1. The number of carbonyl (C=O) groups excluding carboxylic acids is 1. The molecule has 0 atom stereocenters. The second-order valence-electron chi connectivity index (χ2n) is 4.63. The number of carbonyl (C=O) groups is 1. The van der Waals surface area contributed by atoms with Crippen molar-refractivity contribution in [2.75, 3.05) is 13.2 Å². The molecular weight excluding hydrogens is 440 g/mol. The van der Waals surface area contributed by atoms with Gasteiger partial charge in [-0.25, -0.2) is 5.43 Å². The third-order valence-electron chi connectivity index (χ3n) is 2.86. The van der Waals surface area contributed by atoms with Crippen molar-refractivity contribution in [3.8, 4) is 11.5 Å². The topological polar surface area (TPSA) is 59.9 Å². The van der Waals surface area contributed by atoms with E-state index in [1.807, 2.05) is 43.3 Å². The molecular formula is C17H16Br2N2O3. The first-order valence-electron chi connectivity index (χ1n) is 7.21. The van der Waals surface area contributed by atoms with E-state index in [2.05, 4.69) is 42.4 Å². The van der Waals surface area contributed by atoms with Crippen LogP contribution in [0.2, 0.25) is 0 Å². The van der Waals surface area contributed by atoms with Crippen molar-refractivity contribution < 1.29 is 14.3 Å². The fourth-order valence-corrected chi connectivity index (χ4v) is 2.60.